The van der Waals surface area contributed by atoms with Crippen LogP contribution < -0.4 is 5.32 Å². The standard InChI is InChI=1S/C12H15NO3/c1-8(14)11(13-2)7-9-3-5-10(6-4-9)12(15)16/h3-6,11,13H,7H2,1-2H3,(H,15,16). The molecule has 16 heavy (non-hydrogen) atoms. The van der Waals surface area contributed by atoms with Crippen LogP contribution in [0.3, 0.4) is 0 Å². The molecule has 1 atom stereocenters. The summed E-state index contributed by atoms with van der Waals surface area (Å²) in [5.41, 5.74) is 1.20. The van der Waals surface area contributed by atoms with Crippen LogP contribution in [0, 0.1) is 0 Å². The Labute approximate surface area is 94.3 Å². The van der Waals surface area contributed by atoms with E-state index in [1.807, 2.05) is 0 Å². The minimum absolute atomic E-state index is 0.0739. The summed E-state index contributed by atoms with van der Waals surface area (Å²) in [6, 6.07) is 6.35. The van der Waals surface area contributed by atoms with Crippen molar-refractivity contribution in [2.24, 2.45) is 0 Å². The Morgan fingerprint density at radius 1 is 1.31 bits per heavy atom. The molecule has 0 fully saturated rings. The van der Waals surface area contributed by atoms with Crippen molar-refractivity contribution in [1.29, 1.82) is 0 Å². The van der Waals surface area contributed by atoms with E-state index < -0.39 is 5.97 Å². The molecule has 0 bridgehead atoms. The molecule has 0 saturated carbocycles. The first-order valence-electron chi connectivity index (χ1n) is 5.04. The van der Waals surface area contributed by atoms with Crippen LogP contribution in [0.1, 0.15) is 22.8 Å². The summed E-state index contributed by atoms with van der Waals surface area (Å²) in [5.74, 6) is -0.868. The molecule has 1 aromatic rings. The lowest BCUT2D eigenvalue weighted by atomic mass is 10.0. The molecule has 4 heteroatoms. The average molecular weight is 221 g/mol. The van der Waals surface area contributed by atoms with E-state index in [0.29, 0.717) is 6.42 Å². The molecular weight excluding hydrogens is 206 g/mol. The molecule has 0 aliphatic rings. The maximum atomic E-state index is 11.2. The first kappa shape index (κ1) is 12.4. The predicted molar refractivity (Wildman–Crippen MR) is 60.6 cm³/mol. The van der Waals surface area contributed by atoms with Crippen LogP contribution in [0.15, 0.2) is 24.3 Å². The summed E-state index contributed by atoms with van der Waals surface area (Å²) in [6.45, 7) is 1.53. The summed E-state index contributed by atoms with van der Waals surface area (Å²) in [4.78, 5) is 21.8. The first-order chi connectivity index (χ1) is 7.54. The van der Waals surface area contributed by atoms with Gasteiger partial charge in [0.25, 0.3) is 0 Å². The van der Waals surface area contributed by atoms with Crippen molar-refractivity contribution in [2.75, 3.05) is 7.05 Å². The van der Waals surface area contributed by atoms with Gasteiger partial charge in [-0.15, -0.1) is 0 Å². The fourth-order valence-corrected chi connectivity index (χ4v) is 1.47. The Kier molecular flexibility index (Phi) is 4.19. The van der Waals surface area contributed by atoms with E-state index >= 15 is 0 Å². The largest absolute Gasteiger partial charge is 0.478 e. The lowest BCUT2D eigenvalue weighted by Gasteiger charge is -2.12. The molecule has 0 spiro atoms. The highest BCUT2D eigenvalue weighted by Gasteiger charge is 2.12. The molecule has 0 aliphatic heterocycles. The van der Waals surface area contributed by atoms with Gasteiger partial charge >= 0.3 is 5.97 Å². The molecule has 0 saturated heterocycles. The van der Waals surface area contributed by atoms with Crippen LogP contribution in [0.5, 0.6) is 0 Å². The third kappa shape index (κ3) is 3.17. The van der Waals surface area contributed by atoms with Crippen LogP contribution in [0.4, 0.5) is 0 Å². The van der Waals surface area contributed by atoms with Crippen molar-refractivity contribution in [3.05, 3.63) is 35.4 Å². The lowest BCUT2D eigenvalue weighted by Crippen LogP contribution is -2.34. The number of hydrogen-bond donors (Lipinski definition) is 2. The van der Waals surface area contributed by atoms with Crippen molar-refractivity contribution >= 4 is 11.8 Å². The number of hydrogen-bond acceptors (Lipinski definition) is 3. The molecular formula is C12H15NO3. The van der Waals surface area contributed by atoms with Gasteiger partial charge in [0, 0.05) is 0 Å². The second-order valence-corrected chi connectivity index (χ2v) is 3.66. The van der Waals surface area contributed by atoms with E-state index in [-0.39, 0.29) is 17.4 Å². The van der Waals surface area contributed by atoms with Gasteiger partial charge in [0.05, 0.1) is 11.6 Å². The number of nitrogens with one attached hydrogen (secondary N) is 1. The zero-order valence-corrected chi connectivity index (χ0v) is 9.36. The lowest BCUT2D eigenvalue weighted by molar-refractivity contribution is -0.118. The quantitative estimate of drug-likeness (QED) is 0.781. The van der Waals surface area contributed by atoms with Gasteiger partial charge < -0.3 is 10.4 Å². The van der Waals surface area contributed by atoms with Crippen molar-refractivity contribution in [1.82, 2.24) is 5.32 Å². The Balaban J connectivity index is 2.75. The van der Waals surface area contributed by atoms with Gasteiger partial charge in [-0.05, 0) is 38.1 Å². The fourth-order valence-electron chi connectivity index (χ4n) is 1.47. The second-order valence-electron chi connectivity index (χ2n) is 3.66. The fraction of sp³-hybridized carbons (Fsp3) is 0.333. The molecule has 0 radical (unpaired) electrons. The van der Waals surface area contributed by atoms with E-state index in [2.05, 4.69) is 5.32 Å². The van der Waals surface area contributed by atoms with Crippen LogP contribution in [0.2, 0.25) is 0 Å². The zero-order chi connectivity index (χ0) is 12.1. The average Bonchev–Trinajstić information content (AvgIpc) is 2.26. The number of benzene rings is 1. The van der Waals surface area contributed by atoms with Crippen LogP contribution >= 0.6 is 0 Å². The molecule has 0 aromatic heterocycles. The van der Waals surface area contributed by atoms with Gasteiger partial charge in [-0.1, -0.05) is 12.1 Å². The van der Waals surface area contributed by atoms with Crippen LogP contribution in [-0.2, 0) is 11.2 Å². The van der Waals surface area contributed by atoms with E-state index in [4.69, 9.17) is 5.11 Å². The maximum absolute atomic E-state index is 11.2. The number of carbonyl (C=O) groups excluding carboxylic acids is 1. The number of ketones is 1. The number of likely N-dealkylation sites (N-methyl/N-ethyl adjacent to an activating group) is 1. The summed E-state index contributed by atoms with van der Waals surface area (Å²) in [7, 11) is 1.73. The first-order valence-corrected chi connectivity index (χ1v) is 5.04. The Bertz CT molecular complexity index is 384. The Hall–Kier alpha value is -1.68. The third-order valence-electron chi connectivity index (χ3n) is 2.48. The van der Waals surface area contributed by atoms with E-state index in [1.54, 1.807) is 31.3 Å². The summed E-state index contributed by atoms with van der Waals surface area (Å²) in [6.07, 6.45) is 0.575. The minimum Gasteiger partial charge on any atom is -0.478 e. The van der Waals surface area contributed by atoms with Gasteiger partial charge in [0.1, 0.15) is 5.78 Å². The van der Waals surface area contributed by atoms with E-state index in [1.165, 1.54) is 6.92 Å². The molecule has 4 nitrogen and oxygen atoms in total. The number of Topliss-reactive ketones (excluding diaryl/α,β-unsaturated/α-hetero) is 1. The minimum atomic E-state index is -0.941. The highest BCUT2D eigenvalue weighted by atomic mass is 16.4. The molecule has 86 valence electrons. The normalized spacial score (nSPS) is 12.1. The predicted octanol–water partition coefficient (Wildman–Crippen LogP) is 1.10. The highest BCUT2D eigenvalue weighted by molar-refractivity contribution is 5.87. The van der Waals surface area contributed by atoms with Gasteiger partial charge in [-0.25, -0.2) is 4.79 Å². The van der Waals surface area contributed by atoms with Gasteiger partial charge in [0.15, 0.2) is 0 Å². The summed E-state index contributed by atoms with van der Waals surface area (Å²) >= 11 is 0. The molecule has 0 amide bonds. The molecule has 1 unspecified atom stereocenters. The van der Waals surface area contributed by atoms with Crippen molar-refractivity contribution in [3.8, 4) is 0 Å². The highest BCUT2D eigenvalue weighted by Crippen LogP contribution is 2.07. The number of aromatic carboxylic acids is 1. The van der Waals surface area contributed by atoms with Crippen LogP contribution in [0.25, 0.3) is 0 Å². The van der Waals surface area contributed by atoms with Gasteiger partial charge in [-0.2, -0.15) is 0 Å². The maximum Gasteiger partial charge on any atom is 0.335 e. The van der Waals surface area contributed by atoms with Crippen molar-refractivity contribution < 1.29 is 14.7 Å². The zero-order valence-electron chi connectivity index (χ0n) is 9.36. The third-order valence-corrected chi connectivity index (χ3v) is 2.48. The number of carboxylic acids is 1. The smallest absolute Gasteiger partial charge is 0.335 e. The summed E-state index contributed by atoms with van der Waals surface area (Å²) in [5, 5.41) is 11.6. The monoisotopic (exact) mass is 221 g/mol. The second kappa shape index (κ2) is 5.42. The molecule has 2 N–H and O–H groups in total. The van der Waals surface area contributed by atoms with Gasteiger partial charge in [-0.3, -0.25) is 4.79 Å². The Morgan fingerprint density at radius 2 is 1.88 bits per heavy atom. The molecule has 1 aromatic carbocycles. The van der Waals surface area contributed by atoms with Crippen molar-refractivity contribution in [3.63, 3.8) is 0 Å². The molecule has 0 heterocycles. The number of carboxylic acid groups (broad SMARTS) is 1. The summed E-state index contributed by atoms with van der Waals surface area (Å²) < 4.78 is 0. The van der Waals surface area contributed by atoms with Crippen molar-refractivity contribution in [2.45, 2.75) is 19.4 Å². The molecule has 0 aliphatic carbocycles. The SMILES string of the molecule is CNC(Cc1ccc(C(=O)O)cc1)C(C)=O. The van der Waals surface area contributed by atoms with Gasteiger partial charge in [0.2, 0.25) is 0 Å². The van der Waals surface area contributed by atoms with Crippen LogP contribution in [-0.4, -0.2) is 29.9 Å². The van der Waals surface area contributed by atoms with E-state index in [9.17, 15) is 9.59 Å². The van der Waals surface area contributed by atoms with E-state index in [0.717, 1.165) is 5.56 Å². The topological polar surface area (TPSA) is 66.4 Å². The number of carbonyl (C=O) groups is 2. The molecule has 1 rings (SSSR count). The number of rotatable bonds is 5. The Morgan fingerprint density at radius 3 is 2.25 bits per heavy atom.